The number of aliphatic hydroxyl groups is 1. The van der Waals surface area contributed by atoms with E-state index < -0.39 is 0 Å². The van der Waals surface area contributed by atoms with Crippen LogP contribution in [0.15, 0.2) is 0 Å². The van der Waals surface area contributed by atoms with Crippen LogP contribution in [0.1, 0.15) is 26.7 Å². The number of rotatable bonds is 2. The van der Waals surface area contributed by atoms with Gasteiger partial charge in [0.1, 0.15) is 0 Å². The normalized spacial score (nSPS) is 20.6. The van der Waals surface area contributed by atoms with Gasteiger partial charge in [0, 0.05) is 19.0 Å². The molecule has 1 amide bonds. The Hall–Kier alpha value is -0.610. The first-order valence-corrected chi connectivity index (χ1v) is 4.83. The average Bonchev–Trinajstić information content (AvgIpc) is 2.08. The molecule has 1 fully saturated rings. The Morgan fingerprint density at radius 3 is 2.46 bits per heavy atom. The van der Waals surface area contributed by atoms with Gasteiger partial charge in [0.25, 0.3) is 0 Å². The molecule has 4 heteroatoms. The molecule has 2 N–H and O–H groups in total. The van der Waals surface area contributed by atoms with Crippen LogP contribution in [0.2, 0.25) is 0 Å². The van der Waals surface area contributed by atoms with E-state index >= 15 is 0 Å². The zero-order chi connectivity index (χ0) is 9.84. The summed E-state index contributed by atoms with van der Waals surface area (Å²) in [6.07, 6.45) is 1.31. The molecule has 0 saturated carbocycles. The maximum absolute atomic E-state index is 11.3. The Kier molecular flexibility index (Phi) is 3.69. The summed E-state index contributed by atoms with van der Waals surface area (Å²) in [5.41, 5.74) is 2.82. The van der Waals surface area contributed by atoms with Crippen LogP contribution in [0.4, 0.5) is 0 Å². The third-order valence-electron chi connectivity index (χ3n) is 2.26. The van der Waals surface area contributed by atoms with Gasteiger partial charge in [-0.05, 0) is 12.8 Å². The largest absolute Gasteiger partial charge is 0.393 e. The SMILES string of the molecule is CC(C)C(=O)NN1CCC(O)CC1. The number of carbonyl (C=O) groups excluding carboxylic acids is 1. The van der Waals surface area contributed by atoms with Gasteiger partial charge in [0.15, 0.2) is 0 Å². The Morgan fingerprint density at radius 2 is 2.00 bits per heavy atom. The fourth-order valence-electron chi connectivity index (χ4n) is 1.26. The smallest absolute Gasteiger partial charge is 0.236 e. The van der Waals surface area contributed by atoms with Gasteiger partial charge >= 0.3 is 0 Å². The van der Waals surface area contributed by atoms with Crippen molar-refractivity contribution >= 4 is 5.91 Å². The molecule has 0 atom stereocenters. The maximum atomic E-state index is 11.3. The van der Waals surface area contributed by atoms with Crippen molar-refractivity contribution < 1.29 is 9.90 Å². The molecule has 0 aromatic heterocycles. The van der Waals surface area contributed by atoms with E-state index in [2.05, 4.69) is 5.43 Å². The second-order valence-electron chi connectivity index (χ2n) is 3.85. The Balaban J connectivity index is 2.26. The first-order chi connectivity index (χ1) is 6.09. The topological polar surface area (TPSA) is 52.6 Å². The van der Waals surface area contributed by atoms with Gasteiger partial charge in [-0.3, -0.25) is 10.2 Å². The lowest BCUT2D eigenvalue weighted by atomic mass is 10.1. The van der Waals surface area contributed by atoms with Crippen LogP contribution in [0.3, 0.4) is 0 Å². The zero-order valence-corrected chi connectivity index (χ0v) is 8.29. The van der Waals surface area contributed by atoms with Crippen molar-refractivity contribution in [1.29, 1.82) is 0 Å². The molecule has 1 rings (SSSR count). The molecule has 1 aliphatic rings. The van der Waals surface area contributed by atoms with Crippen molar-refractivity contribution in [1.82, 2.24) is 10.4 Å². The monoisotopic (exact) mass is 186 g/mol. The van der Waals surface area contributed by atoms with Crippen molar-refractivity contribution in [2.75, 3.05) is 13.1 Å². The minimum Gasteiger partial charge on any atom is -0.393 e. The molecule has 1 aliphatic heterocycles. The summed E-state index contributed by atoms with van der Waals surface area (Å²) < 4.78 is 0. The van der Waals surface area contributed by atoms with Gasteiger partial charge in [-0.2, -0.15) is 0 Å². The lowest BCUT2D eigenvalue weighted by molar-refractivity contribution is -0.130. The molecule has 1 heterocycles. The molecular weight excluding hydrogens is 168 g/mol. The van der Waals surface area contributed by atoms with Gasteiger partial charge in [-0.25, -0.2) is 5.01 Å². The van der Waals surface area contributed by atoms with Gasteiger partial charge in [-0.15, -0.1) is 0 Å². The molecule has 13 heavy (non-hydrogen) atoms. The summed E-state index contributed by atoms with van der Waals surface area (Å²) in [4.78, 5) is 11.3. The second kappa shape index (κ2) is 4.58. The van der Waals surface area contributed by atoms with E-state index in [4.69, 9.17) is 0 Å². The van der Waals surface area contributed by atoms with Crippen LogP contribution in [0, 0.1) is 5.92 Å². The number of amides is 1. The van der Waals surface area contributed by atoms with Crippen molar-refractivity contribution in [2.45, 2.75) is 32.8 Å². The zero-order valence-electron chi connectivity index (χ0n) is 8.29. The molecule has 0 bridgehead atoms. The number of nitrogens with one attached hydrogen (secondary N) is 1. The third kappa shape index (κ3) is 3.32. The Bertz CT molecular complexity index is 174. The van der Waals surface area contributed by atoms with E-state index in [1.165, 1.54) is 0 Å². The summed E-state index contributed by atoms with van der Waals surface area (Å²) in [5, 5.41) is 11.1. The van der Waals surface area contributed by atoms with E-state index in [0.29, 0.717) is 0 Å². The number of hydrogen-bond donors (Lipinski definition) is 2. The molecule has 0 radical (unpaired) electrons. The molecule has 0 aromatic carbocycles. The predicted octanol–water partition coefficient (Wildman–Crippen LogP) is 0.130. The number of hydrogen-bond acceptors (Lipinski definition) is 3. The van der Waals surface area contributed by atoms with Crippen molar-refractivity contribution in [3.05, 3.63) is 0 Å². The lowest BCUT2D eigenvalue weighted by Crippen LogP contribution is -2.48. The van der Waals surface area contributed by atoms with Crippen LogP contribution >= 0.6 is 0 Å². The van der Waals surface area contributed by atoms with Crippen molar-refractivity contribution in [3.63, 3.8) is 0 Å². The third-order valence-corrected chi connectivity index (χ3v) is 2.26. The highest BCUT2D eigenvalue weighted by atomic mass is 16.3. The van der Waals surface area contributed by atoms with E-state index in [1.807, 2.05) is 18.9 Å². The van der Waals surface area contributed by atoms with Crippen LogP contribution in [0.5, 0.6) is 0 Å². The van der Waals surface area contributed by atoms with Gasteiger partial charge in [0.05, 0.1) is 6.10 Å². The van der Waals surface area contributed by atoms with Crippen LogP contribution in [-0.2, 0) is 4.79 Å². The summed E-state index contributed by atoms with van der Waals surface area (Å²) >= 11 is 0. The number of piperidine rings is 1. The minimum atomic E-state index is -0.188. The highest BCUT2D eigenvalue weighted by Gasteiger charge is 2.18. The molecule has 4 nitrogen and oxygen atoms in total. The van der Waals surface area contributed by atoms with Gasteiger partial charge in [-0.1, -0.05) is 13.8 Å². The summed E-state index contributed by atoms with van der Waals surface area (Å²) in [6.45, 7) is 5.24. The van der Waals surface area contributed by atoms with E-state index in [0.717, 1.165) is 25.9 Å². The summed E-state index contributed by atoms with van der Waals surface area (Å²) in [5.74, 6) is 0.0724. The molecular formula is C9H18N2O2. The first-order valence-electron chi connectivity index (χ1n) is 4.83. The quantitative estimate of drug-likeness (QED) is 0.644. The summed E-state index contributed by atoms with van der Waals surface area (Å²) in [7, 11) is 0. The number of carbonyl (C=O) groups is 1. The molecule has 0 unspecified atom stereocenters. The van der Waals surface area contributed by atoms with Crippen LogP contribution < -0.4 is 5.43 Å². The summed E-state index contributed by atoms with van der Waals surface area (Å²) in [6, 6.07) is 0. The number of aliphatic hydroxyl groups excluding tert-OH is 1. The predicted molar refractivity (Wildman–Crippen MR) is 49.8 cm³/mol. The number of nitrogens with zero attached hydrogens (tertiary/aromatic N) is 1. The lowest BCUT2D eigenvalue weighted by Gasteiger charge is -2.30. The van der Waals surface area contributed by atoms with Crippen LogP contribution in [0.25, 0.3) is 0 Å². The Morgan fingerprint density at radius 1 is 1.46 bits per heavy atom. The standard InChI is InChI=1S/C9H18N2O2/c1-7(2)9(13)10-11-5-3-8(12)4-6-11/h7-8,12H,3-6H2,1-2H3,(H,10,13). The highest BCUT2D eigenvalue weighted by Crippen LogP contribution is 2.07. The second-order valence-corrected chi connectivity index (χ2v) is 3.85. The highest BCUT2D eigenvalue weighted by molar-refractivity contribution is 5.77. The van der Waals surface area contributed by atoms with Crippen LogP contribution in [-0.4, -0.2) is 35.2 Å². The maximum Gasteiger partial charge on any atom is 0.236 e. The van der Waals surface area contributed by atoms with Gasteiger partial charge in [0.2, 0.25) is 5.91 Å². The average molecular weight is 186 g/mol. The first kappa shape index (κ1) is 10.5. The van der Waals surface area contributed by atoms with E-state index in [-0.39, 0.29) is 17.9 Å². The molecule has 0 aromatic rings. The van der Waals surface area contributed by atoms with E-state index in [9.17, 15) is 9.90 Å². The molecule has 76 valence electrons. The van der Waals surface area contributed by atoms with Crippen molar-refractivity contribution in [2.24, 2.45) is 5.92 Å². The molecule has 0 spiro atoms. The minimum absolute atomic E-state index is 0.0202. The molecule has 1 saturated heterocycles. The fourth-order valence-corrected chi connectivity index (χ4v) is 1.26. The van der Waals surface area contributed by atoms with Gasteiger partial charge < -0.3 is 5.11 Å². The Labute approximate surface area is 78.9 Å². The fraction of sp³-hybridized carbons (Fsp3) is 0.889. The number of hydrazine groups is 1. The molecule has 0 aliphatic carbocycles. The van der Waals surface area contributed by atoms with Crippen molar-refractivity contribution in [3.8, 4) is 0 Å². The van der Waals surface area contributed by atoms with E-state index in [1.54, 1.807) is 0 Å².